The smallest absolute Gasteiger partial charge is 0.272 e. The summed E-state index contributed by atoms with van der Waals surface area (Å²) < 4.78 is 0.216. The molecule has 0 aromatic heterocycles. The minimum atomic E-state index is -0.614. The number of carbonyl (C=O) groups is 3. The van der Waals surface area contributed by atoms with Gasteiger partial charge in [-0.05, 0) is 53.2 Å². The van der Waals surface area contributed by atoms with Crippen LogP contribution in [0, 0.1) is 21.4 Å². The minimum Gasteiger partial charge on any atom is -0.370 e. The molecule has 0 radical (unpaired) electrons. The highest BCUT2D eigenvalue weighted by molar-refractivity contribution is 9.10. The van der Waals surface area contributed by atoms with Crippen LogP contribution in [-0.4, -0.2) is 47.2 Å². The van der Waals surface area contributed by atoms with Crippen LogP contribution in [0.1, 0.15) is 46.5 Å². The average molecular weight is 618 g/mol. The number of hydrogen-bond donors (Lipinski definition) is 1. The predicted octanol–water partition coefficient (Wildman–Crippen LogP) is 6.12. The molecule has 13 heteroatoms. The standard InChI is InChI=1S/C28H24BrN7O5/c1-3-25(37)31-24-15-18(34(4-2)11-12-35-27(38)20-7-5-6-8-21(20)28(35)39)9-10-23(24)32-33-26-17(16-30)13-19(36(40)41)14-22(26)29/h5-10,13-15H,3-4,11-12H2,1-2H3,(H,31,37). The Morgan fingerprint density at radius 1 is 1.10 bits per heavy atom. The zero-order chi connectivity index (χ0) is 29.7. The van der Waals surface area contributed by atoms with Gasteiger partial charge in [-0.15, -0.1) is 10.2 Å². The van der Waals surface area contributed by atoms with Crippen molar-refractivity contribution in [3.63, 3.8) is 0 Å². The number of nitro benzene ring substituents is 1. The lowest BCUT2D eigenvalue weighted by Gasteiger charge is -2.26. The van der Waals surface area contributed by atoms with E-state index in [0.29, 0.717) is 41.3 Å². The second kappa shape index (κ2) is 12.5. The van der Waals surface area contributed by atoms with Gasteiger partial charge in [-0.3, -0.25) is 29.4 Å². The van der Waals surface area contributed by atoms with Gasteiger partial charge < -0.3 is 10.2 Å². The molecule has 3 aromatic rings. The van der Waals surface area contributed by atoms with E-state index < -0.39 is 4.92 Å². The molecule has 0 aliphatic carbocycles. The van der Waals surface area contributed by atoms with Crippen molar-refractivity contribution >= 4 is 62.1 Å². The molecule has 0 fully saturated rings. The molecule has 4 rings (SSSR count). The minimum absolute atomic E-state index is 0.0455. The molecule has 0 unspecified atom stereocenters. The van der Waals surface area contributed by atoms with Crippen molar-refractivity contribution in [3.8, 4) is 6.07 Å². The Balaban J connectivity index is 1.60. The van der Waals surface area contributed by atoms with E-state index in [9.17, 15) is 29.8 Å². The maximum atomic E-state index is 12.8. The number of fused-ring (bicyclic) bond motifs is 1. The number of non-ortho nitro benzene ring substituents is 1. The van der Waals surface area contributed by atoms with Crippen molar-refractivity contribution < 1.29 is 19.3 Å². The highest BCUT2D eigenvalue weighted by atomic mass is 79.9. The first-order valence-electron chi connectivity index (χ1n) is 12.6. The number of rotatable bonds is 10. The quantitative estimate of drug-likeness (QED) is 0.124. The number of nitrogens with one attached hydrogen (secondary N) is 1. The van der Waals surface area contributed by atoms with Crippen molar-refractivity contribution in [2.45, 2.75) is 20.3 Å². The summed E-state index contributed by atoms with van der Waals surface area (Å²) in [6, 6.07) is 16.1. The molecule has 0 atom stereocenters. The molecule has 0 saturated heterocycles. The van der Waals surface area contributed by atoms with Crippen LogP contribution in [0.25, 0.3) is 0 Å². The number of amides is 3. The number of benzene rings is 3. The van der Waals surface area contributed by atoms with Gasteiger partial charge in [0.05, 0.1) is 31.8 Å². The highest BCUT2D eigenvalue weighted by Gasteiger charge is 2.35. The van der Waals surface area contributed by atoms with Crippen LogP contribution >= 0.6 is 15.9 Å². The number of imide groups is 1. The summed E-state index contributed by atoms with van der Waals surface area (Å²) >= 11 is 3.22. The van der Waals surface area contributed by atoms with E-state index in [2.05, 4.69) is 31.5 Å². The summed E-state index contributed by atoms with van der Waals surface area (Å²) in [6.07, 6.45) is 0.213. The lowest BCUT2D eigenvalue weighted by molar-refractivity contribution is -0.384. The topological polar surface area (TPSA) is 161 Å². The monoisotopic (exact) mass is 617 g/mol. The van der Waals surface area contributed by atoms with Crippen LogP contribution in [0.4, 0.5) is 28.4 Å². The predicted molar refractivity (Wildman–Crippen MR) is 155 cm³/mol. The summed E-state index contributed by atoms with van der Waals surface area (Å²) in [7, 11) is 0. The number of hydrogen-bond acceptors (Lipinski definition) is 9. The van der Waals surface area contributed by atoms with Gasteiger partial charge in [0.1, 0.15) is 17.4 Å². The normalized spacial score (nSPS) is 12.4. The van der Waals surface area contributed by atoms with Crippen LogP contribution in [0.2, 0.25) is 0 Å². The van der Waals surface area contributed by atoms with E-state index in [-0.39, 0.29) is 52.1 Å². The molecule has 0 spiro atoms. The Morgan fingerprint density at radius 2 is 1.78 bits per heavy atom. The second-order valence-electron chi connectivity index (χ2n) is 8.88. The molecule has 3 aromatic carbocycles. The Kier molecular flexibility index (Phi) is 8.84. The lowest BCUT2D eigenvalue weighted by atomic mass is 10.1. The molecular weight excluding hydrogens is 594 g/mol. The maximum Gasteiger partial charge on any atom is 0.272 e. The molecule has 208 valence electrons. The molecule has 1 N–H and O–H groups in total. The van der Waals surface area contributed by atoms with Gasteiger partial charge in [0.15, 0.2) is 0 Å². The van der Waals surface area contributed by atoms with E-state index >= 15 is 0 Å². The van der Waals surface area contributed by atoms with Crippen molar-refractivity contribution in [2.24, 2.45) is 10.2 Å². The third kappa shape index (κ3) is 6.12. The van der Waals surface area contributed by atoms with Crippen molar-refractivity contribution in [3.05, 3.63) is 85.9 Å². The third-order valence-corrected chi connectivity index (χ3v) is 7.04. The summed E-state index contributed by atoms with van der Waals surface area (Å²) in [4.78, 5) is 51.5. The largest absolute Gasteiger partial charge is 0.370 e. The number of carbonyl (C=O) groups excluding carboxylic acids is 3. The number of nitrogens with zero attached hydrogens (tertiary/aromatic N) is 6. The Bertz CT molecular complexity index is 1600. The van der Waals surface area contributed by atoms with Gasteiger partial charge in [-0.25, -0.2) is 0 Å². The van der Waals surface area contributed by atoms with Gasteiger partial charge in [-0.2, -0.15) is 5.26 Å². The summed E-state index contributed by atoms with van der Waals surface area (Å²) in [5.41, 5.74) is 1.92. The van der Waals surface area contributed by atoms with Gasteiger partial charge in [0.2, 0.25) is 5.91 Å². The van der Waals surface area contributed by atoms with E-state index in [1.165, 1.54) is 11.0 Å². The molecular formula is C28H24BrN7O5. The van der Waals surface area contributed by atoms with Crippen LogP contribution in [0.15, 0.2) is 69.3 Å². The molecule has 1 aliphatic heterocycles. The fraction of sp³-hybridized carbons (Fsp3) is 0.214. The summed E-state index contributed by atoms with van der Waals surface area (Å²) in [5.74, 6) is -0.924. The second-order valence-corrected chi connectivity index (χ2v) is 9.74. The first-order valence-corrected chi connectivity index (χ1v) is 13.4. The van der Waals surface area contributed by atoms with Gasteiger partial charge in [-0.1, -0.05) is 19.1 Å². The van der Waals surface area contributed by atoms with Crippen molar-refractivity contribution in [2.75, 3.05) is 29.9 Å². The third-order valence-electron chi connectivity index (χ3n) is 6.43. The first kappa shape index (κ1) is 29.0. The lowest BCUT2D eigenvalue weighted by Crippen LogP contribution is -2.38. The number of azo groups is 1. The molecule has 1 heterocycles. The SMILES string of the molecule is CCC(=O)Nc1cc(N(CC)CCN2C(=O)c3ccccc3C2=O)ccc1N=Nc1c(Br)cc([N+](=O)[O-])cc1C#N. The summed E-state index contributed by atoms with van der Waals surface area (Å²) in [6.45, 7) is 4.70. The fourth-order valence-corrected chi connectivity index (χ4v) is 4.79. The van der Waals surface area contributed by atoms with Crippen LogP contribution < -0.4 is 10.2 Å². The number of nitro groups is 1. The number of likely N-dealkylation sites (N-methyl/N-ethyl adjacent to an activating group) is 1. The molecule has 3 amide bonds. The Hall–Kier alpha value is -4.96. The number of nitriles is 1. The van der Waals surface area contributed by atoms with Crippen molar-refractivity contribution in [1.29, 1.82) is 5.26 Å². The molecule has 0 saturated carbocycles. The number of halogens is 1. The van der Waals surface area contributed by atoms with Crippen LogP contribution in [-0.2, 0) is 4.79 Å². The van der Waals surface area contributed by atoms with E-state index in [4.69, 9.17) is 0 Å². The van der Waals surface area contributed by atoms with Crippen LogP contribution in [0.3, 0.4) is 0 Å². The zero-order valence-corrected chi connectivity index (χ0v) is 23.7. The van der Waals surface area contributed by atoms with E-state index in [1.54, 1.807) is 49.4 Å². The van der Waals surface area contributed by atoms with Crippen molar-refractivity contribution in [1.82, 2.24) is 4.90 Å². The maximum absolute atomic E-state index is 12.8. The van der Waals surface area contributed by atoms with Gasteiger partial charge in [0, 0.05) is 43.9 Å². The van der Waals surface area contributed by atoms with E-state index in [1.807, 2.05) is 17.9 Å². The molecule has 12 nitrogen and oxygen atoms in total. The first-order chi connectivity index (χ1) is 19.7. The van der Waals surface area contributed by atoms with Gasteiger partial charge in [0.25, 0.3) is 17.5 Å². The molecule has 0 bridgehead atoms. The highest BCUT2D eigenvalue weighted by Crippen LogP contribution is 2.37. The Morgan fingerprint density at radius 3 is 2.37 bits per heavy atom. The average Bonchev–Trinajstić information content (AvgIpc) is 3.21. The van der Waals surface area contributed by atoms with Gasteiger partial charge >= 0.3 is 0 Å². The fourth-order valence-electron chi connectivity index (χ4n) is 4.26. The van der Waals surface area contributed by atoms with Crippen LogP contribution in [0.5, 0.6) is 0 Å². The summed E-state index contributed by atoms with van der Waals surface area (Å²) in [5, 5.41) is 31.8. The molecule has 1 aliphatic rings. The number of anilines is 2. The zero-order valence-electron chi connectivity index (χ0n) is 22.1. The molecule has 41 heavy (non-hydrogen) atoms. The van der Waals surface area contributed by atoms with E-state index in [0.717, 1.165) is 6.07 Å². The Labute approximate surface area is 243 Å².